The fraction of sp³-hybridized carbons (Fsp3) is 0.412. The van der Waals surface area contributed by atoms with Gasteiger partial charge in [-0.15, -0.1) is 11.3 Å². The molecule has 2 aromatic rings. The Hall–Kier alpha value is -2.08. The molecule has 23 heavy (non-hydrogen) atoms. The third-order valence-electron chi connectivity index (χ3n) is 3.52. The summed E-state index contributed by atoms with van der Waals surface area (Å²) < 4.78 is 10.6. The van der Waals surface area contributed by atoms with Crippen molar-refractivity contribution in [2.75, 3.05) is 20.8 Å². The van der Waals surface area contributed by atoms with Crippen LogP contribution in [-0.2, 0) is 17.6 Å². The smallest absolute Gasteiger partial charge is 0.225 e. The van der Waals surface area contributed by atoms with E-state index in [-0.39, 0.29) is 5.91 Å². The molecule has 0 spiro atoms. The van der Waals surface area contributed by atoms with Gasteiger partial charge in [0.15, 0.2) is 0 Å². The van der Waals surface area contributed by atoms with Crippen molar-refractivity contribution >= 4 is 17.2 Å². The number of amides is 1. The van der Waals surface area contributed by atoms with Gasteiger partial charge in [-0.3, -0.25) is 4.79 Å². The van der Waals surface area contributed by atoms with Gasteiger partial charge in [0.2, 0.25) is 5.91 Å². The van der Waals surface area contributed by atoms with Gasteiger partial charge in [0.05, 0.1) is 31.3 Å². The van der Waals surface area contributed by atoms with Crippen molar-refractivity contribution in [3.8, 4) is 11.5 Å². The summed E-state index contributed by atoms with van der Waals surface area (Å²) in [4.78, 5) is 17.4. The second-order valence-electron chi connectivity index (χ2n) is 5.20. The number of nitrogens with zero attached hydrogens (tertiary/aromatic N) is 1. The quantitative estimate of drug-likeness (QED) is 0.846. The van der Waals surface area contributed by atoms with Crippen LogP contribution in [0.4, 0.5) is 0 Å². The number of thiazole rings is 1. The van der Waals surface area contributed by atoms with Crippen molar-refractivity contribution in [3.63, 3.8) is 0 Å². The molecule has 1 heterocycles. The lowest BCUT2D eigenvalue weighted by Crippen LogP contribution is -2.27. The van der Waals surface area contributed by atoms with Gasteiger partial charge in [0, 0.05) is 11.4 Å². The molecule has 1 amide bonds. The summed E-state index contributed by atoms with van der Waals surface area (Å²) in [5.41, 5.74) is 1.95. The van der Waals surface area contributed by atoms with Gasteiger partial charge >= 0.3 is 0 Å². The minimum atomic E-state index is 0.0126. The molecular weight excluding hydrogens is 312 g/mol. The maximum absolute atomic E-state index is 12.1. The van der Waals surface area contributed by atoms with Crippen LogP contribution in [0.1, 0.15) is 21.1 Å². The van der Waals surface area contributed by atoms with Crippen molar-refractivity contribution in [2.45, 2.75) is 26.7 Å². The Morgan fingerprint density at radius 3 is 2.65 bits per heavy atom. The predicted octanol–water partition coefficient (Wildman–Crippen LogP) is 2.68. The average Bonchev–Trinajstić information content (AvgIpc) is 2.84. The van der Waals surface area contributed by atoms with Crippen LogP contribution in [0.3, 0.4) is 0 Å². The summed E-state index contributed by atoms with van der Waals surface area (Å²) in [6.07, 6.45) is 1.07. The second kappa shape index (κ2) is 7.97. The van der Waals surface area contributed by atoms with Gasteiger partial charge in [-0.05, 0) is 44.0 Å². The molecule has 0 aliphatic rings. The number of hydrogen-bond donors (Lipinski definition) is 1. The summed E-state index contributed by atoms with van der Waals surface area (Å²) in [5.74, 6) is 1.59. The molecule has 0 saturated heterocycles. The third-order valence-corrected chi connectivity index (χ3v) is 4.60. The van der Waals surface area contributed by atoms with E-state index in [0.717, 1.165) is 32.6 Å². The number of ether oxygens (including phenoxy) is 2. The first-order valence-electron chi connectivity index (χ1n) is 7.44. The molecule has 1 N–H and O–H groups in total. The highest BCUT2D eigenvalue weighted by atomic mass is 32.1. The summed E-state index contributed by atoms with van der Waals surface area (Å²) in [7, 11) is 3.27. The largest absolute Gasteiger partial charge is 0.497 e. The average molecular weight is 334 g/mol. The summed E-state index contributed by atoms with van der Waals surface area (Å²) in [6.45, 7) is 4.44. The normalized spacial score (nSPS) is 10.4. The molecule has 0 unspecified atom stereocenters. The van der Waals surface area contributed by atoms with Crippen molar-refractivity contribution in [3.05, 3.63) is 39.3 Å². The Morgan fingerprint density at radius 2 is 2.04 bits per heavy atom. The van der Waals surface area contributed by atoms with E-state index in [9.17, 15) is 4.79 Å². The lowest BCUT2D eigenvalue weighted by molar-refractivity contribution is -0.120. The van der Waals surface area contributed by atoms with E-state index in [1.54, 1.807) is 25.6 Å². The molecule has 1 aromatic heterocycles. The van der Waals surface area contributed by atoms with Gasteiger partial charge < -0.3 is 14.8 Å². The Morgan fingerprint density at radius 1 is 1.26 bits per heavy atom. The van der Waals surface area contributed by atoms with Crippen molar-refractivity contribution in [1.29, 1.82) is 0 Å². The molecule has 0 bridgehead atoms. The fourth-order valence-electron chi connectivity index (χ4n) is 2.36. The molecule has 0 radical (unpaired) electrons. The molecule has 1 aromatic carbocycles. The molecule has 0 fully saturated rings. The predicted molar refractivity (Wildman–Crippen MR) is 91.6 cm³/mol. The van der Waals surface area contributed by atoms with Gasteiger partial charge in [0.25, 0.3) is 0 Å². The number of nitrogens with one attached hydrogen (secondary N) is 1. The number of hydrogen-bond acceptors (Lipinski definition) is 5. The highest BCUT2D eigenvalue weighted by Crippen LogP contribution is 2.24. The molecule has 2 rings (SSSR count). The summed E-state index contributed by atoms with van der Waals surface area (Å²) in [5, 5.41) is 3.94. The van der Waals surface area contributed by atoms with E-state index in [0.29, 0.717) is 19.4 Å². The van der Waals surface area contributed by atoms with Crippen LogP contribution in [0.2, 0.25) is 0 Å². The monoisotopic (exact) mass is 334 g/mol. The summed E-state index contributed by atoms with van der Waals surface area (Å²) >= 11 is 1.58. The minimum Gasteiger partial charge on any atom is -0.497 e. The zero-order chi connectivity index (χ0) is 16.8. The maximum atomic E-state index is 12.1. The first-order valence-corrected chi connectivity index (χ1v) is 8.25. The van der Waals surface area contributed by atoms with E-state index in [4.69, 9.17) is 9.47 Å². The highest BCUT2D eigenvalue weighted by molar-refractivity contribution is 7.11. The Kier molecular flexibility index (Phi) is 5.98. The molecule has 5 nitrogen and oxygen atoms in total. The molecule has 0 saturated carbocycles. The van der Waals surface area contributed by atoms with Gasteiger partial charge in [-0.1, -0.05) is 0 Å². The lowest BCUT2D eigenvalue weighted by Gasteiger charge is -2.11. The fourth-order valence-corrected chi connectivity index (χ4v) is 3.30. The van der Waals surface area contributed by atoms with Crippen LogP contribution in [0.5, 0.6) is 11.5 Å². The molecule has 0 atom stereocenters. The minimum absolute atomic E-state index is 0.0126. The molecular formula is C17H22N2O3S. The maximum Gasteiger partial charge on any atom is 0.225 e. The van der Waals surface area contributed by atoms with Crippen LogP contribution in [0.25, 0.3) is 0 Å². The number of benzene rings is 1. The molecule has 124 valence electrons. The topological polar surface area (TPSA) is 60.5 Å². The van der Waals surface area contributed by atoms with E-state index in [1.165, 1.54) is 0 Å². The Labute approximate surface area is 140 Å². The Balaban J connectivity index is 1.89. The first-order chi connectivity index (χ1) is 11.0. The Bertz CT molecular complexity index is 682. The SMILES string of the molecule is COc1ccc(OC)c(CCNC(=O)Cc2sc(C)nc2C)c1. The number of aryl methyl sites for hydroxylation is 2. The van der Waals surface area contributed by atoms with Crippen molar-refractivity contribution in [1.82, 2.24) is 10.3 Å². The van der Waals surface area contributed by atoms with Gasteiger partial charge in [0.1, 0.15) is 11.5 Å². The van der Waals surface area contributed by atoms with Crippen LogP contribution in [0, 0.1) is 13.8 Å². The van der Waals surface area contributed by atoms with E-state index >= 15 is 0 Å². The standard InChI is InChI=1S/C17H22N2O3S/c1-11-16(23-12(2)19-11)10-17(20)18-8-7-13-9-14(21-3)5-6-15(13)22-4/h5-6,9H,7-8,10H2,1-4H3,(H,18,20). The molecule has 0 aliphatic heterocycles. The number of carbonyl (C=O) groups is 1. The zero-order valence-electron chi connectivity index (χ0n) is 13.9. The van der Waals surface area contributed by atoms with E-state index in [1.807, 2.05) is 32.0 Å². The number of rotatable bonds is 7. The highest BCUT2D eigenvalue weighted by Gasteiger charge is 2.11. The van der Waals surface area contributed by atoms with Gasteiger partial charge in [-0.25, -0.2) is 4.98 Å². The lowest BCUT2D eigenvalue weighted by atomic mass is 10.1. The van der Waals surface area contributed by atoms with Crippen LogP contribution in [0.15, 0.2) is 18.2 Å². The van der Waals surface area contributed by atoms with E-state index in [2.05, 4.69) is 10.3 Å². The van der Waals surface area contributed by atoms with E-state index < -0.39 is 0 Å². The first kappa shape index (κ1) is 17.3. The van der Waals surface area contributed by atoms with Crippen LogP contribution < -0.4 is 14.8 Å². The number of carbonyl (C=O) groups excluding carboxylic acids is 1. The van der Waals surface area contributed by atoms with Crippen LogP contribution >= 0.6 is 11.3 Å². The number of methoxy groups -OCH3 is 2. The van der Waals surface area contributed by atoms with Crippen LogP contribution in [-0.4, -0.2) is 31.7 Å². The van der Waals surface area contributed by atoms with Crippen molar-refractivity contribution in [2.24, 2.45) is 0 Å². The zero-order valence-corrected chi connectivity index (χ0v) is 14.8. The second-order valence-corrected chi connectivity index (χ2v) is 6.48. The summed E-state index contributed by atoms with van der Waals surface area (Å²) in [6, 6.07) is 5.66. The molecule has 0 aliphatic carbocycles. The van der Waals surface area contributed by atoms with Crippen molar-refractivity contribution < 1.29 is 14.3 Å². The van der Waals surface area contributed by atoms with Gasteiger partial charge in [-0.2, -0.15) is 0 Å². The molecule has 6 heteroatoms. The number of aromatic nitrogens is 1. The third kappa shape index (κ3) is 4.69.